The number of aliphatic hydroxyl groups is 1. The average molecular weight is 485 g/mol. The number of ether oxygens (including phenoxy) is 4. The van der Waals surface area contributed by atoms with E-state index in [1.807, 2.05) is 60.7 Å². The van der Waals surface area contributed by atoms with Gasteiger partial charge in [0.15, 0.2) is 6.29 Å². The van der Waals surface area contributed by atoms with Crippen LogP contribution < -0.4 is 0 Å². The topological polar surface area (TPSA) is 57.2 Å². The molecule has 194 valence electrons. The first-order valence-electron chi connectivity index (χ1n) is 13.3. The molecule has 2 aromatic rings. The first-order chi connectivity index (χ1) is 17.1. The third-order valence-electron chi connectivity index (χ3n) is 6.42. The SMILES string of the molecule is CCCCCCCO[C@H]1[C@H](O)[C@@H](CC(C)C)O[C@H](OCc2ccccc2)[C@@H]1OCc1ccccc1. The minimum absolute atomic E-state index is 0.363. The molecule has 1 N–H and O–H groups in total. The van der Waals surface area contributed by atoms with Crippen molar-refractivity contribution in [3.63, 3.8) is 0 Å². The second-order valence-corrected chi connectivity index (χ2v) is 9.97. The summed E-state index contributed by atoms with van der Waals surface area (Å²) in [6.07, 6.45) is 3.69. The summed E-state index contributed by atoms with van der Waals surface area (Å²) in [4.78, 5) is 0. The molecule has 0 aliphatic carbocycles. The number of aliphatic hydroxyl groups excluding tert-OH is 1. The molecule has 0 spiro atoms. The van der Waals surface area contributed by atoms with Crippen LogP contribution in [0.2, 0.25) is 0 Å². The molecule has 0 unspecified atom stereocenters. The molecular weight excluding hydrogens is 440 g/mol. The van der Waals surface area contributed by atoms with Crippen LogP contribution >= 0.6 is 0 Å². The molecule has 0 radical (unpaired) electrons. The molecule has 3 rings (SSSR count). The lowest BCUT2D eigenvalue weighted by Gasteiger charge is -2.44. The third-order valence-corrected chi connectivity index (χ3v) is 6.42. The van der Waals surface area contributed by atoms with Crippen molar-refractivity contribution in [2.24, 2.45) is 5.92 Å². The molecule has 5 atom stereocenters. The lowest BCUT2D eigenvalue weighted by molar-refractivity contribution is -0.319. The van der Waals surface area contributed by atoms with Gasteiger partial charge in [-0.3, -0.25) is 0 Å². The van der Waals surface area contributed by atoms with Crippen molar-refractivity contribution in [2.45, 2.75) is 103 Å². The fourth-order valence-corrected chi connectivity index (χ4v) is 4.50. The van der Waals surface area contributed by atoms with Gasteiger partial charge in [-0.25, -0.2) is 0 Å². The van der Waals surface area contributed by atoms with Gasteiger partial charge in [0.2, 0.25) is 0 Å². The Balaban J connectivity index is 1.73. The van der Waals surface area contributed by atoms with Crippen molar-refractivity contribution >= 4 is 0 Å². The van der Waals surface area contributed by atoms with E-state index in [1.165, 1.54) is 19.3 Å². The van der Waals surface area contributed by atoms with Gasteiger partial charge in [0.05, 0.1) is 19.3 Å². The summed E-state index contributed by atoms with van der Waals surface area (Å²) in [6, 6.07) is 20.1. The Hall–Kier alpha value is -1.76. The molecule has 1 fully saturated rings. The first-order valence-corrected chi connectivity index (χ1v) is 13.3. The molecule has 1 heterocycles. The highest BCUT2D eigenvalue weighted by molar-refractivity contribution is 5.14. The summed E-state index contributed by atoms with van der Waals surface area (Å²) >= 11 is 0. The minimum Gasteiger partial charge on any atom is -0.388 e. The Morgan fingerprint density at radius 1 is 0.771 bits per heavy atom. The van der Waals surface area contributed by atoms with E-state index in [0.717, 1.165) is 30.4 Å². The van der Waals surface area contributed by atoms with Crippen LogP contribution in [0, 0.1) is 5.92 Å². The van der Waals surface area contributed by atoms with Gasteiger partial charge >= 0.3 is 0 Å². The smallest absolute Gasteiger partial charge is 0.187 e. The van der Waals surface area contributed by atoms with E-state index >= 15 is 0 Å². The minimum atomic E-state index is -0.773. The second-order valence-electron chi connectivity index (χ2n) is 9.97. The highest BCUT2D eigenvalue weighted by atomic mass is 16.7. The quantitative estimate of drug-likeness (QED) is 0.302. The summed E-state index contributed by atoms with van der Waals surface area (Å²) in [5.74, 6) is 0.376. The lowest BCUT2D eigenvalue weighted by atomic mass is 9.92. The van der Waals surface area contributed by atoms with Gasteiger partial charge in [-0.2, -0.15) is 0 Å². The zero-order valence-corrected chi connectivity index (χ0v) is 21.7. The molecule has 1 saturated heterocycles. The molecule has 2 aromatic carbocycles. The van der Waals surface area contributed by atoms with Crippen LogP contribution in [0.4, 0.5) is 0 Å². The molecule has 0 saturated carbocycles. The lowest BCUT2D eigenvalue weighted by Crippen LogP contribution is -2.60. The third kappa shape index (κ3) is 9.32. The summed E-state index contributed by atoms with van der Waals surface area (Å²) in [5, 5.41) is 11.3. The normalized spacial score (nSPS) is 24.7. The van der Waals surface area contributed by atoms with Crippen molar-refractivity contribution in [2.75, 3.05) is 6.61 Å². The largest absolute Gasteiger partial charge is 0.388 e. The highest BCUT2D eigenvalue weighted by Gasteiger charge is 2.47. The maximum atomic E-state index is 11.3. The van der Waals surface area contributed by atoms with Gasteiger partial charge < -0.3 is 24.1 Å². The molecule has 35 heavy (non-hydrogen) atoms. The predicted octanol–water partition coefficient (Wildman–Crippen LogP) is 6.28. The van der Waals surface area contributed by atoms with Crippen LogP contribution in [0.15, 0.2) is 60.7 Å². The van der Waals surface area contributed by atoms with E-state index in [4.69, 9.17) is 18.9 Å². The monoisotopic (exact) mass is 484 g/mol. The molecule has 1 aliphatic rings. The van der Waals surface area contributed by atoms with Crippen LogP contribution in [0.3, 0.4) is 0 Å². The molecule has 5 heteroatoms. The van der Waals surface area contributed by atoms with Gasteiger partial charge in [0.25, 0.3) is 0 Å². The van der Waals surface area contributed by atoms with Crippen LogP contribution in [0.25, 0.3) is 0 Å². The van der Waals surface area contributed by atoms with Crippen LogP contribution in [-0.2, 0) is 32.2 Å². The first kappa shape index (κ1) is 27.8. The van der Waals surface area contributed by atoms with Crippen molar-refractivity contribution in [3.8, 4) is 0 Å². The predicted molar refractivity (Wildman–Crippen MR) is 139 cm³/mol. The van der Waals surface area contributed by atoms with Gasteiger partial charge in [0, 0.05) is 6.61 Å². The van der Waals surface area contributed by atoms with Crippen LogP contribution in [-0.4, -0.2) is 42.4 Å². The van der Waals surface area contributed by atoms with Crippen LogP contribution in [0.5, 0.6) is 0 Å². The summed E-state index contributed by atoms with van der Waals surface area (Å²) < 4.78 is 25.3. The Kier molecular flexibility index (Phi) is 12.2. The number of rotatable bonds is 15. The zero-order chi connectivity index (χ0) is 24.9. The average Bonchev–Trinajstić information content (AvgIpc) is 2.87. The Labute approximate surface area is 211 Å². The number of unbranched alkanes of at least 4 members (excludes halogenated alkanes) is 4. The number of hydrogen-bond donors (Lipinski definition) is 1. The second kappa shape index (κ2) is 15.4. The van der Waals surface area contributed by atoms with Crippen molar-refractivity contribution < 1.29 is 24.1 Å². The fourth-order valence-electron chi connectivity index (χ4n) is 4.50. The van der Waals surface area contributed by atoms with Crippen molar-refractivity contribution in [3.05, 3.63) is 71.8 Å². The fraction of sp³-hybridized carbons (Fsp3) is 0.600. The Bertz CT molecular complexity index is 797. The Morgan fingerprint density at radius 3 is 1.97 bits per heavy atom. The zero-order valence-electron chi connectivity index (χ0n) is 21.7. The summed E-state index contributed by atoms with van der Waals surface area (Å²) in [6.45, 7) is 7.89. The van der Waals surface area contributed by atoms with Gasteiger partial charge in [0.1, 0.15) is 18.3 Å². The maximum Gasteiger partial charge on any atom is 0.187 e. The van der Waals surface area contributed by atoms with Gasteiger partial charge in [-0.15, -0.1) is 0 Å². The van der Waals surface area contributed by atoms with Crippen LogP contribution in [0.1, 0.15) is 70.4 Å². The van der Waals surface area contributed by atoms with Crippen molar-refractivity contribution in [1.82, 2.24) is 0 Å². The Morgan fingerprint density at radius 2 is 1.37 bits per heavy atom. The van der Waals surface area contributed by atoms with E-state index in [0.29, 0.717) is 25.7 Å². The summed E-state index contributed by atoms with van der Waals surface area (Å²) in [5.41, 5.74) is 2.13. The van der Waals surface area contributed by atoms with Crippen molar-refractivity contribution in [1.29, 1.82) is 0 Å². The molecule has 0 aromatic heterocycles. The van der Waals surface area contributed by atoms with Gasteiger partial charge in [-0.05, 0) is 29.9 Å². The molecule has 0 amide bonds. The summed E-state index contributed by atoms with van der Waals surface area (Å²) in [7, 11) is 0. The molecular formula is C30H44O5. The highest BCUT2D eigenvalue weighted by Crippen LogP contribution is 2.31. The van der Waals surface area contributed by atoms with E-state index in [-0.39, 0.29) is 6.10 Å². The number of benzene rings is 2. The van der Waals surface area contributed by atoms with E-state index < -0.39 is 24.6 Å². The molecule has 5 nitrogen and oxygen atoms in total. The standard InChI is InChI=1S/C30H44O5/c1-4-5-6-7-14-19-32-28-27(31)26(20-23(2)3)35-30(34-22-25-17-12-9-13-18-25)29(28)33-21-24-15-10-8-11-16-24/h8-13,15-18,23,26-31H,4-7,14,19-22H2,1-3H3/t26-,27-,28+,29-,30+/m1/s1. The van der Waals surface area contributed by atoms with E-state index in [9.17, 15) is 5.11 Å². The molecule has 1 aliphatic heterocycles. The number of hydrogen-bond acceptors (Lipinski definition) is 5. The van der Waals surface area contributed by atoms with E-state index in [2.05, 4.69) is 20.8 Å². The van der Waals surface area contributed by atoms with E-state index in [1.54, 1.807) is 0 Å². The van der Waals surface area contributed by atoms with Gasteiger partial charge in [-0.1, -0.05) is 107 Å². The molecule has 0 bridgehead atoms. The maximum absolute atomic E-state index is 11.3.